The number of nitrogens with one attached hydrogen (secondary N) is 1. The molecule has 3 rings (SSSR count). The Morgan fingerprint density at radius 2 is 1.90 bits per heavy atom. The average Bonchev–Trinajstić information content (AvgIpc) is 2.94. The number of hydrogen-bond donors (Lipinski definition) is 1. The van der Waals surface area contributed by atoms with Crippen molar-refractivity contribution in [1.82, 2.24) is 9.88 Å². The summed E-state index contributed by atoms with van der Waals surface area (Å²) in [4.78, 5) is 17.0. The number of rotatable bonds is 1. The van der Waals surface area contributed by atoms with Gasteiger partial charge in [0, 0.05) is 35.8 Å². The van der Waals surface area contributed by atoms with Gasteiger partial charge in [0.25, 0.3) is 5.91 Å². The third-order valence-corrected chi connectivity index (χ3v) is 4.07. The third kappa shape index (κ3) is 2.62. The van der Waals surface area contributed by atoms with Crippen LogP contribution in [0, 0.1) is 5.92 Å². The van der Waals surface area contributed by atoms with Crippen LogP contribution < -0.4 is 0 Å². The van der Waals surface area contributed by atoms with E-state index in [-0.39, 0.29) is 31.8 Å². The first-order valence-electron chi connectivity index (χ1n) is 6.89. The lowest BCUT2D eigenvalue weighted by Gasteiger charge is -2.33. The molecular formula is C15H15F3N2O. The Morgan fingerprint density at radius 3 is 2.57 bits per heavy atom. The fourth-order valence-corrected chi connectivity index (χ4v) is 2.85. The van der Waals surface area contributed by atoms with E-state index < -0.39 is 12.1 Å². The second kappa shape index (κ2) is 5.09. The highest BCUT2D eigenvalue weighted by atomic mass is 19.4. The fourth-order valence-electron chi connectivity index (χ4n) is 2.85. The van der Waals surface area contributed by atoms with Crippen molar-refractivity contribution in [3.05, 3.63) is 36.0 Å². The smallest absolute Gasteiger partial charge is 0.361 e. The number of aromatic nitrogens is 1. The number of piperidine rings is 1. The molecule has 1 aromatic heterocycles. The van der Waals surface area contributed by atoms with Crippen LogP contribution in [0.5, 0.6) is 0 Å². The molecule has 1 aromatic carbocycles. The predicted octanol–water partition coefficient (Wildman–Crippen LogP) is 3.58. The van der Waals surface area contributed by atoms with E-state index in [0.29, 0.717) is 5.56 Å². The predicted molar refractivity (Wildman–Crippen MR) is 73.0 cm³/mol. The molecule has 1 saturated heterocycles. The molecule has 112 valence electrons. The monoisotopic (exact) mass is 296 g/mol. The van der Waals surface area contributed by atoms with Crippen LogP contribution in [0.4, 0.5) is 13.2 Å². The molecule has 2 heterocycles. The van der Waals surface area contributed by atoms with Crippen molar-refractivity contribution in [2.45, 2.75) is 19.0 Å². The van der Waals surface area contributed by atoms with Gasteiger partial charge in [-0.3, -0.25) is 4.79 Å². The number of halogens is 3. The van der Waals surface area contributed by atoms with Crippen molar-refractivity contribution < 1.29 is 18.0 Å². The quantitative estimate of drug-likeness (QED) is 0.858. The van der Waals surface area contributed by atoms with E-state index in [1.807, 2.05) is 12.1 Å². The normalized spacial score (nSPS) is 17.4. The number of carbonyl (C=O) groups is 1. The summed E-state index contributed by atoms with van der Waals surface area (Å²) in [6.07, 6.45) is -2.44. The van der Waals surface area contributed by atoms with Crippen molar-refractivity contribution >= 4 is 16.8 Å². The number of likely N-dealkylation sites (tertiary alicyclic amines) is 1. The SMILES string of the molecule is O=C(c1cccc2[nH]ccc12)N1CCC(C(F)(F)F)CC1. The topological polar surface area (TPSA) is 36.1 Å². The highest BCUT2D eigenvalue weighted by molar-refractivity contribution is 6.06. The second-order valence-electron chi connectivity index (χ2n) is 5.35. The Bertz CT molecular complexity index is 654. The third-order valence-electron chi connectivity index (χ3n) is 4.07. The number of nitrogens with zero attached hydrogens (tertiary/aromatic N) is 1. The molecule has 6 heteroatoms. The van der Waals surface area contributed by atoms with Gasteiger partial charge in [0.1, 0.15) is 0 Å². The first-order chi connectivity index (χ1) is 9.97. The van der Waals surface area contributed by atoms with Crippen molar-refractivity contribution in [1.29, 1.82) is 0 Å². The summed E-state index contributed by atoms with van der Waals surface area (Å²) in [5.74, 6) is -1.48. The second-order valence-corrected chi connectivity index (χ2v) is 5.35. The Kier molecular flexibility index (Phi) is 3.39. The summed E-state index contributed by atoms with van der Waals surface area (Å²) < 4.78 is 38.0. The van der Waals surface area contributed by atoms with Crippen molar-refractivity contribution in [2.24, 2.45) is 5.92 Å². The molecule has 0 aliphatic carbocycles. The summed E-state index contributed by atoms with van der Waals surface area (Å²) in [5.41, 5.74) is 1.39. The van der Waals surface area contributed by atoms with Gasteiger partial charge in [0.05, 0.1) is 5.92 Å². The zero-order valence-electron chi connectivity index (χ0n) is 11.3. The van der Waals surface area contributed by atoms with Gasteiger partial charge in [-0.15, -0.1) is 0 Å². The van der Waals surface area contributed by atoms with Gasteiger partial charge in [0.15, 0.2) is 0 Å². The van der Waals surface area contributed by atoms with E-state index >= 15 is 0 Å². The number of fused-ring (bicyclic) bond motifs is 1. The van der Waals surface area contributed by atoms with Gasteiger partial charge in [-0.1, -0.05) is 6.07 Å². The number of amides is 1. The highest BCUT2D eigenvalue weighted by Gasteiger charge is 2.41. The molecular weight excluding hydrogens is 281 g/mol. The number of aromatic amines is 1. The van der Waals surface area contributed by atoms with Gasteiger partial charge in [-0.25, -0.2) is 0 Å². The highest BCUT2D eigenvalue weighted by Crippen LogP contribution is 2.34. The molecule has 0 radical (unpaired) electrons. The standard InChI is InChI=1S/C15H15F3N2O/c16-15(17,18)10-5-8-20(9-6-10)14(21)12-2-1-3-13-11(12)4-7-19-13/h1-4,7,10,19H,5-6,8-9H2. The van der Waals surface area contributed by atoms with Gasteiger partial charge >= 0.3 is 6.18 Å². The van der Waals surface area contributed by atoms with Crippen molar-refractivity contribution in [3.8, 4) is 0 Å². The lowest BCUT2D eigenvalue weighted by atomic mass is 9.95. The maximum absolute atomic E-state index is 12.7. The molecule has 1 amide bonds. The number of benzene rings is 1. The van der Waals surface area contributed by atoms with Crippen LogP contribution >= 0.6 is 0 Å². The molecule has 2 aromatic rings. The molecule has 0 unspecified atom stereocenters. The number of alkyl halides is 3. The van der Waals surface area contributed by atoms with E-state index in [1.165, 1.54) is 4.90 Å². The number of carbonyl (C=O) groups excluding carboxylic acids is 1. The maximum atomic E-state index is 12.7. The lowest BCUT2D eigenvalue weighted by molar-refractivity contribution is -0.183. The van der Waals surface area contributed by atoms with Crippen LogP contribution in [0.2, 0.25) is 0 Å². The van der Waals surface area contributed by atoms with E-state index in [2.05, 4.69) is 4.98 Å². The molecule has 0 saturated carbocycles. The first kappa shape index (κ1) is 14.0. The largest absolute Gasteiger partial charge is 0.391 e. The summed E-state index contributed by atoms with van der Waals surface area (Å²) in [5, 5.41) is 0.806. The molecule has 21 heavy (non-hydrogen) atoms. The van der Waals surface area contributed by atoms with E-state index in [0.717, 1.165) is 10.9 Å². The van der Waals surface area contributed by atoms with Crippen LogP contribution in [0.3, 0.4) is 0 Å². The van der Waals surface area contributed by atoms with Gasteiger partial charge < -0.3 is 9.88 Å². The molecule has 0 atom stereocenters. The molecule has 3 nitrogen and oxygen atoms in total. The Hall–Kier alpha value is -1.98. The summed E-state index contributed by atoms with van der Waals surface area (Å²) in [6, 6.07) is 7.16. The summed E-state index contributed by atoms with van der Waals surface area (Å²) in [6.45, 7) is 0.313. The first-order valence-corrected chi connectivity index (χ1v) is 6.89. The Balaban J connectivity index is 1.77. The van der Waals surface area contributed by atoms with Gasteiger partial charge in [-0.2, -0.15) is 13.2 Å². The number of H-pyrrole nitrogens is 1. The molecule has 1 aliphatic heterocycles. The minimum absolute atomic E-state index is 0.0155. The minimum atomic E-state index is -4.16. The van der Waals surface area contributed by atoms with Crippen LogP contribution in [0.15, 0.2) is 30.5 Å². The molecule has 0 spiro atoms. The van der Waals surface area contributed by atoms with Gasteiger partial charge in [0.2, 0.25) is 0 Å². The van der Waals surface area contributed by atoms with E-state index in [4.69, 9.17) is 0 Å². The minimum Gasteiger partial charge on any atom is -0.361 e. The molecule has 1 N–H and O–H groups in total. The van der Waals surface area contributed by atoms with Crippen LogP contribution in [-0.4, -0.2) is 35.1 Å². The van der Waals surface area contributed by atoms with Crippen LogP contribution in [0.25, 0.3) is 10.9 Å². The zero-order chi connectivity index (χ0) is 15.0. The Morgan fingerprint density at radius 1 is 1.19 bits per heavy atom. The van der Waals surface area contributed by atoms with Crippen molar-refractivity contribution in [2.75, 3.05) is 13.1 Å². The Labute approximate surface area is 119 Å². The molecule has 1 fully saturated rings. The van der Waals surface area contributed by atoms with Crippen molar-refractivity contribution in [3.63, 3.8) is 0 Å². The van der Waals surface area contributed by atoms with Crippen LogP contribution in [-0.2, 0) is 0 Å². The fraction of sp³-hybridized carbons (Fsp3) is 0.400. The summed E-state index contributed by atoms with van der Waals surface area (Å²) >= 11 is 0. The lowest BCUT2D eigenvalue weighted by Crippen LogP contribution is -2.42. The number of hydrogen-bond acceptors (Lipinski definition) is 1. The molecule has 1 aliphatic rings. The summed E-state index contributed by atoms with van der Waals surface area (Å²) in [7, 11) is 0. The molecule has 0 bridgehead atoms. The van der Waals surface area contributed by atoms with E-state index in [9.17, 15) is 18.0 Å². The average molecular weight is 296 g/mol. The van der Waals surface area contributed by atoms with Crippen LogP contribution in [0.1, 0.15) is 23.2 Å². The zero-order valence-corrected chi connectivity index (χ0v) is 11.3. The van der Waals surface area contributed by atoms with Gasteiger partial charge in [-0.05, 0) is 31.0 Å². The maximum Gasteiger partial charge on any atom is 0.391 e. The van der Waals surface area contributed by atoms with E-state index in [1.54, 1.807) is 18.3 Å².